The molecule has 0 saturated heterocycles. The molecule has 0 spiro atoms. The van der Waals surface area contributed by atoms with Gasteiger partial charge in [0.05, 0.1) is 12.2 Å². The largest absolute Gasteiger partial charge is 0.341 e. The standard InChI is InChI=1S/C18H24N4OS/c1-13(2)21(3)10-17(23)22-7-4-15-16(5-8-22)19-12-20-18(15)14-6-9-24-11-14/h6,9,11-13H,4-5,7-8,10H2,1-3H3. The van der Waals surface area contributed by atoms with Crippen LogP contribution in [0.5, 0.6) is 0 Å². The molecule has 2 aromatic heterocycles. The third kappa shape index (κ3) is 3.65. The van der Waals surface area contributed by atoms with Crippen molar-refractivity contribution in [2.75, 3.05) is 26.7 Å². The van der Waals surface area contributed by atoms with Crippen molar-refractivity contribution < 1.29 is 4.79 Å². The van der Waals surface area contributed by atoms with E-state index in [0.717, 1.165) is 42.9 Å². The minimum absolute atomic E-state index is 0.198. The zero-order chi connectivity index (χ0) is 17.1. The van der Waals surface area contributed by atoms with E-state index in [0.29, 0.717) is 12.6 Å². The zero-order valence-corrected chi connectivity index (χ0v) is 15.3. The number of hydrogen-bond acceptors (Lipinski definition) is 5. The Kier molecular flexibility index (Phi) is 5.26. The summed E-state index contributed by atoms with van der Waals surface area (Å²) in [5.74, 6) is 0.198. The molecule has 0 atom stereocenters. The Labute approximate surface area is 147 Å². The Bertz CT molecular complexity index is 699. The van der Waals surface area contributed by atoms with E-state index in [-0.39, 0.29) is 5.91 Å². The van der Waals surface area contributed by atoms with Gasteiger partial charge in [-0.25, -0.2) is 9.97 Å². The van der Waals surface area contributed by atoms with Gasteiger partial charge in [-0.3, -0.25) is 9.69 Å². The summed E-state index contributed by atoms with van der Waals surface area (Å²) in [5.41, 5.74) is 4.45. The highest BCUT2D eigenvalue weighted by atomic mass is 32.1. The van der Waals surface area contributed by atoms with E-state index in [1.54, 1.807) is 17.7 Å². The minimum Gasteiger partial charge on any atom is -0.341 e. The normalized spacial score (nSPS) is 14.8. The summed E-state index contributed by atoms with van der Waals surface area (Å²) >= 11 is 1.67. The van der Waals surface area contributed by atoms with Gasteiger partial charge in [0.15, 0.2) is 0 Å². The SMILES string of the molecule is CC(C)N(C)CC(=O)N1CCc2ncnc(-c3ccsc3)c2CC1. The second-order valence-corrected chi connectivity index (χ2v) is 7.33. The summed E-state index contributed by atoms with van der Waals surface area (Å²) in [6.45, 7) is 6.15. The number of fused-ring (bicyclic) bond motifs is 1. The van der Waals surface area contributed by atoms with Gasteiger partial charge < -0.3 is 4.90 Å². The predicted octanol–water partition coefficient (Wildman–Crippen LogP) is 2.47. The molecule has 1 aliphatic rings. The molecule has 0 fully saturated rings. The Morgan fingerprint density at radius 3 is 2.83 bits per heavy atom. The van der Waals surface area contributed by atoms with E-state index < -0.39 is 0 Å². The Balaban J connectivity index is 1.76. The molecule has 128 valence electrons. The van der Waals surface area contributed by atoms with E-state index in [1.165, 1.54) is 5.56 Å². The number of nitrogens with zero attached hydrogens (tertiary/aromatic N) is 4. The fourth-order valence-electron chi connectivity index (χ4n) is 2.92. The van der Waals surface area contributed by atoms with Crippen LogP contribution in [0, 0.1) is 0 Å². The topological polar surface area (TPSA) is 49.3 Å². The van der Waals surface area contributed by atoms with E-state index in [4.69, 9.17) is 0 Å². The second-order valence-electron chi connectivity index (χ2n) is 6.55. The lowest BCUT2D eigenvalue weighted by atomic mass is 10.0. The number of rotatable bonds is 4. The second kappa shape index (κ2) is 7.40. The van der Waals surface area contributed by atoms with Crippen LogP contribution in [-0.2, 0) is 17.6 Å². The molecule has 6 heteroatoms. The summed E-state index contributed by atoms with van der Waals surface area (Å²) in [4.78, 5) is 25.6. The highest BCUT2D eigenvalue weighted by molar-refractivity contribution is 7.08. The van der Waals surface area contributed by atoms with Gasteiger partial charge in [0, 0.05) is 47.8 Å². The zero-order valence-electron chi connectivity index (χ0n) is 14.5. The summed E-state index contributed by atoms with van der Waals surface area (Å²) in [5, 5.41) is 4.19. The molecular weight excluding hydrogens is 320 g/mol. The number of amides is 1. The van der Waals surface area contributed by atoms with Crippen LogP contribution in [0.1, 0.15) is 25.1 Å². The third-order valence-electron chi connectivity index (χ3n) is 4.70. The van der Waals surface area contributed by atoms with Crippen molar-refractivity contribution in [1.82, 2.24) is 19.8 Å². The fourth-order valence-corrected chi connectivity index (χ4v) is 3.56. The van der Waals surface area contributed by atoms with Crippen LogP contribution in [0.4, 0.5) is 0 Å². The average molecular weight is 344 g/mol. The summed E-state index contributed by atoms with van der Waals surface area (Å²) in [6, 6.07) is 2.47. The highest BCUT2D eigenvalue weighted by Gasteiger charge is 2.23. The van der Waals surface area contributed by atoms with Crippen molar-refractivity contribution in [2.24, 2.45) is 0 Å². The van der Waals surface area contributed by atoms with Crippen LogP contribution in [0.25, 0.3) is 11.3 Å². The molecule has 24 heavy (non-hydrogen) atoms. The molecule has 0 saturated carbocycles. The van der Waals surface area contributed by atoms with Crippen LogP contribution >= 0.6 is 11.3 Å². The molecular formula is C18H24N4OS. The van der Waals surface area contributed by atoms with Crippen molar-refractivity contribution in [1.29, 1.82) is 0 Å². The molecule has 0 N–H and O–H groups in total. The van der Waals surface area contributed by atoms with Crippen LogP contribution in [0.2, 0.25) is 0 Å². The van der Waals surface area contributed by atoms with Crippen molar-refractivity contribution in [3.63, 3.8) is 0 Å². The number of carbonyl (C=O) groups is 1. The van der Waals surface area contributed by atoms with Crippen LogP contribution in [0.15, 0.2) is 23.2 Å². The Morgan fingerprint density at radius 1 is 1.33 bits per heavy atom. The predicted molar refractivity (Wildman–Crippen MR) is 97.1 cm³/mol. The summed E-state index contributed by atoms with van der Waals surface area (Å²) in [6.07, 6.45) is 3.26. The first-order chi connectivity index (χ1) is 11.6. The van der Waals surface area contributed by atoms with E-state index in [1.807, 2.05) is 11.9 Å². The quantitative estimate of drug-likeness (QED) is 0.855. The van der Waals surface area contributed by atoms with Gasteiger partial charge in [-0.05, 0) is 38.8 Å². The van der Waals surface area contributed by atoms with Gasteiger partial charge in [-0.2, -0.15) is 11.3 Å². The number of carbonyl (C=O) groups excluding carboxylic acids is 1. The maximum absolute atomic E-state index is 12.6. The van der Waals surface area contributed by atoms with Gasteiger partial charge in [0.2, 0.25) is 5.91 Å². The lowest BCUT2D eigenvalue weighted by Gasteiger charge is -2.26. The van der Waals surface area contributed by atoms with Crippen molar-refractivity contribution >= 4 is 17.2 Å². The van der Waals surface area contributed by atoms with Crippen molar-refractivity contribution in [2.45, 2.75) is 32.7 Å². The number of aromatic nitrogens is 2. The Morgan fingerprint density at radius 2 is 2.12 bits per heavy atom. The molecule has 2 aromatic rings. The fraction of sp³-hybridized carbons (Fsp3) is 0.500. The van der Waals surface area contributed by atoms with Crippen molar-refractivity contribution in [3.05, 3.63) is 34.4 Å². The first kappa shape index (κ1) is 17.0. The number of likely N-dealkylation sites (N-methyl/N-ethyl adjacent to an activating group) is 1. The molecule has 3 heterocycles. The Hall–Kier alpha value is -1.79. The van der Waals surface area contributed by atoms with Crippen molar-refractivity contribution in [3.8, 4) is 11.3 Å². The average Bonchev–Trinajstić information content (AvgIpc) is 3.00. The number of hydrogen-bond donors (Lipinski definition) is 0. The van der Waals surface area contributed by atoms with Crippen LogP contribution < -0.4 is 0 Å². The highest BCUT2D eigenvalue weighted by Crippen LogP contribution is 2.27. The van der Waals surface area contributed by atoms with Gasteiger partial charge in [0.1, 0.15) is 6.33 Å². The molecule has 0 bridgehead atoms. The number of thiophene rings is 1. The van der Waals surface area contributed by atoms with Gasteiger partial charge in [0.25, 0.3) is 0 Å². The van der Waals surface area contributed by atoms with E-state index in [9.17, 15) is 4.79 Å². The molecule has 1 aliphatic heterocycles. The maximum Gasteiger partial charge on any atom is 0.236 e. The third-order valence-corrected chi connectivity index (χ3v) is 5.38. The first-order valence-corrected chi connectivity index (χ1v) is 9.34. The summed E-state index contributed by atoms with van der Waals surface area (Å²) < 4.78 is 0. The monoisotopic (exact) mass is 344 g/mol. The first-order valence-electron chi connectivity index (χ1n) is 8.39. The molecule has 0 unspecified atom stereocenters. The van der Waals surface area contributed by atoms with Gasteiger partial charge in [-0.1, -0.05) is 0 Å². The van der Waals surface area contributed by atoms with E-state index in [2.05, 4.69) is 45.5 Å². The lowest BCUT2D eigenvalue weighted by Crippen LogP contribution is -2.42. The smallest absolute Gasteiger partial charge is 0.236 e. The molecule has 0 radical (unpaired) electrons. The van der Waals surface area contributed by atoms with Crippen LogP contribution in [0.3, 0.4) is 0 Å². The maximum atomic E-state index is 12.6. The van der Waals surface area contributed by atoms with Crippen LogP contribution in [-0.4, -0.2) is 58.4 Å². The van der Waals surface area contributed by atoms with Gasteiger partial charge in [-0.15, -0.1) is 0 Å². The molecule has 0 aliphatic carbocycles. The molecule has 1 amide bonds. The molecule has 0 aromatic carbocycles. The minimum atomic E-state index is 0.198. The summed E-state index contributed by atoms with van der Waals surface area (Å²) in [7, 11) is 2.00. The molecule has 3 rings (SSSR count). The molecule has 5 nitrogen and oxygen atoms in total. The lowest BCUT2D eigenvalue weighted by molar-refractivity contribution is -0.132. The van der Waals surface area contributed by atoms with Gasteiger partial charge >= 0.3 is 0 Å². The van der Waals surface area contributed by atoms with E-state index >= 15 is 0 Å².